The largest absolute Gasteiger partial charge is 0.381 e. The van der Waals surface area contributed by atoms with Crippen molar-refractivity contribution >= 4 is 23.3 Å². The van der Waals surface area contributed by atoms with Crippen molar-refractivity contribution in [3.63, 3.8) is 0 Å². The van der Waals surface area contributed by atoms with Gasteiger partial charge in [0.2, 0.25) is 0 Å². The zero-order valence-electron chi connectivity index (χ0n) is 20.8. The maximum Gasteiger partial charge on any atom is 0.181 e. The molecule has 2 atom stereocenters. The van der Waals surface area contributed by atoms with Gasteiger partial charge in [0, 0.05) is 48.6 Å². The monoisotopic (exact) mass is 497 g/mol. The van der Waals surface area contributed by atoms with Crippen molar-refractivity contribution in [3.05, 3.63) is 59.4 Å². The number of Topliss-reactive ketones (excluding diaryl/α,β-unsaturated/α-hetero) is 2. The van der Waals surface area contributed by atoms with E-state index in [9.17, 15) is 9.59 Å². The van der Waals surface area contributed by atoms with E-state index in [-0.39, 0.29) is 36.4 Å². The highest BCUT2D eigenvalue weighted by molar-refractivity contribution is 7.98. The normalized spacial score (nSPS) is 21.1. The lowest BCUT2D eigenvalue weighted by Gasteiger charge is -2.26. The van der Waals surface area contributed by atoms with Gasteiger partial charge in [-0.3, -0.25) is 14.6 Å². The van der Waals surface area contributed by atoms with E-state index in [4.69, 9.17) is 14.2 Å². The molecule has 0 radical (unpaired) electrons. The first kappa shape index (κ1) is 26.0. The molecule has 0 bridgehead atoms. The van der Waals surface area contributed by atoms with Crippen LogP contribution in [0.25, 0.3) is 0 Å². The van der Waals surface area contributed by atoms with Crippen molar-refractivity contribution in [2.75, 3.05) is 26.1 Å². The zero-order chi connectivity index (χ0) is 24.8. The maximum atomic E-state index is 13.4. The van der Waals surface area contributed by atoms with Gasteiger partial charge in [0.25, 0.3) is 0 Å². The van der Waals surface area contributed by atoms with Crippen LogP contribution in [-0.4, -0.2) is 48.4 Å². The van der Waals surface area contributed by atoms with Crippen LogP contribution < -0.4 is 0 Å². The molecule has 0 spiro atoms. The molecular weight excluding hydrogens is 462 g/mol. The Hall–Kier alpha value is -2.06. The second-order valence-corrected chi connectivity index (χ2v) is 10.7. The summed E-state index contributed by atoms with van der Waals surface area (Å²) in [5.41, 5.74) is 2.30. The van der Waals surface area contributed by atoms with E-state index in [1.165, 1.54) is 4.90 Å². The summed E-state index contributed by atoms with van der Waals surface area (Å²) in [6.07, 6.45) is 6.67. The summed E-state index contributed by atoms with van der Waals surface area (Å²) in [5.74, 6) is -0.334. The molecule has 6 nitrogen and oxygen atoms in total. The minimum Gasteiger partial charge on any atom is -0.381 e. The first-order valence-electron chi connectivity index (χ1n) is 12.4. The van der Waals surface area contributed by atoms with Crippen molar-refractivity contribution in [2.24, 2.45) is 5.92 Å². The van der Waals surface area contributed by atoms with Crippen LogP contribution in [0.3, 0.4) is 0 Å². The average Bonchev–Trinajstić information content (AvgIpc) is 3.26. The number of thioether (sulfide) groups is 1. The standard InChI is InChI=1S/C28H35NO5S/c1-28(2)33-18-27(34-28)21-6-9-24(29-17-21)26(31)11-10-25(30)23(16-19-12-14-32-15-13-19)20-4-7-22(35-3)8-5-20/h4-9,17,19,23,27H,10-16,18H2,1-3H3. The molecule has 7 heteroatoms. The van der Waals surface area contributed by atoms with E-state index in [1.807, 2.05) is 26.2 Å². The highest BCUT2D eigenvalue weighted by atomic mass is 32.2. The third-order valence-corrected chi connectivity index (χ3v) is 7.61. The summed E-state index contributed by atoms with van der Waals surface area (Å²) in [6, 6.07) is 11.8. The molecule has 2 aliphatic rings. The molecule has 0 amide bonds. The molecule has 2 aromatic rings. The summed E-state index contributed by atoms with van der Waals surface area (Å²) in [4.78, 5) is 31.7. The number of nitrogens with zero attached hydrogens (tertiary/aromatic N) is 1. The Morgan fingerprint density at radius 3 is 2.43 bits per heavy atom. The Morgan fingerprint density at radius 1 is 1.09 bits per heavy atom. The van der Waals surface area contributed by atoms with Gasteiger partial charge in [0.05, 0.1) is 6.61 Å². The first-order valence-corrected chi connectivity index (χ1v) is 13.6. The van der Waals surface area contributed by atoms with Gasteiger partial charge in [0.1, 0.15) is 17.6 Å². The predicted octanol–water partition coefficient (Wildman–Crippen LogP) is 5.76. The van der Waals surface area contributed by atoms with Crippen LogP contribution in [0, 0.1) is 5.92 Å². The second kappa shape index (κ2) is 11.8. The van der Waals surface area contributed by atoms with Crippen molar-refractivity contribution in [3.8, 4) is 0 Å². The summed E-state index contributed by atoms with van der Waals surface area (Å²) >= 11 is 1.69. The van der Waals surface area contributed by atoms with E-state index in [2.05, 4.69) is 29.2 Å². The smallest absolute Gasteiger partial charge is 0.181 e. The van der Waals surface area contributed by atoms with Crippen LogP contribution in [0.1, 0.15) is 79.6 Å². The van der Waals surface area contributed by atoms with E-state index in [0.29, 0.717) is 18.2 Å². The molecule has 1 aromatic heterocycles. The van der Waals surface area contributed by atoms with Crippen LogP contribution in [0.2, 0.25) is 0 Å². The molecule has 3 heterocycles. The molecular formula is C28H35NO5S. The summed E-state index contributed by atoms with van der Waals surface area (Å²) in [6.45, 7) is 5.73. The van der Waals surface area contributed by atoms with Gasteiger partial charge in [-0.2, -0.15) is 0 Å². The minimum absolute atomic E-state index is 0.114. The fraction of sp³-hybridized carbons (Fsp3) is 0.536. The van der Waals surface area contributed by atoms with Crippen molar-refractivity contribution in [1.29, 1.82) is 0 Å². The predicted molar refractivity (Wildman–Crippen MR) is 136 cm³/mol. The van der Waals surface area contributed by atoms with E-state index in [1.54, 1.807) is 24.0 Å². The molecule has 35 heavy (non-hydrogen) atoms. The molecule has 188 valence electrons. The average molecular weight is 498 g/mol. The number of pyridine rings is 1. The highest BCUT2D eigenvalue weighted by Gasteiger charge is 2.34. The summed E-state index contributed by atoms with van der Waals surface area (Å²) < 4.78 is 17.0. The quantitative estimate of drug-likeness (QED) is 0.305. The zero-order valence-corrected chi connectivity index (χ0v) is 21.6. The van der Waals surface area contributed by atoms with E-state index >= 15 is 0 Å². The Kier molecular flexibility index (Phi) is 8.76. The highest BCUT2D eigenvalue weighted by Crippen LogP contribution is 2.34. The number of hydrogen-bond donors (Lipinski definition) is 0. The molecule has 0 aliphatic carbocycles. The van der Waals surface area contributed by atoms with Gasteiger partial charge < -0.3 is 14.2 Å². The lowest BCUT2D eigenvalue weighted by Crippen LogP contribution is -2.22. The molecule has 0 saturated carbocycles. The third-order valence-electron chi connectivity index (χ3n) is 6.87. The van der Waals surface area contributed by atoms with Crippen LogP contribution in [0.4, 0.5) is 0 Å². The number of hydrogen-bond acceptors (Lipinski definition) is 7. The topological polar surface area (TPSA) is 74.7 Å². The SMILES string of the molecule is CSc1ccc(C(CC2CCOCC2)C(=O)CCC(=O)c2ccc(C3COC(C)(C)O3)cn2)cc1. The summed E-state index contributed by atoms with van der Waals surface area (Å²) in [5, 5.41) is 0. The fourth-order valence-corrected chi connectivity index (χ4v) is 5.16. The molecule has 2 saturated heterocycles. The number of aromatic nitrogens is 1. The van der Waals surface area contributed by atoms with E-state index in [0.717, 1.165) is 43.6 Å². The Labute approximate surface area is 212 Å². The molecule has 2 fully saturated rings. The third kappa shape index (κ3) is 7.00. The van der Waals surface area contributed by atoms with Crippen molar-refractivity contribution in [1.82, 2.24) is 4.98 Å². The van der Waals surface area contributed by atoms with Gasteiger partial charge >= 0.3 is 0 Å². The van der Waals surface area contributed by atoms with Crippen LogP contribution in [0.5, 0.6) is 0 Å². The molecule has 4 rings (SSSR count). The van der Waals surface area contributed by atoms with Gasteiger partial charge in [-0.25, -0.2) is 0 Å². The number of carbonyl (C=O) groups excluding carboxylic acids is 2. The molecule has 2 unspecified atom stereocenters. The number of ketones is 2. The van der Waals surface area contributed by atoms with Crippen molar-refractivity contribution in [2.45, 2.75) is 68.7 Å². The maximum absolute atomic E-state index is 13.4. The number of ether oxygens (including phenoxy) is 3. The van der Waals surface area contributed by atoms with Gasteiger partial charge in [-0.1, -0.05) is 18.2 Å². The van der Waals surface area contributed by atoms with Gasteiger partial charge in [-0.05, 0) is 69.0 Å². The Balaban J connectivity index is 1.38. The molecule has 0 N–H and O–H groups in total. The van der Waals surface area contributed by atoms with E-state index < -0.39 is 5.79 Å². The fourth-order valence-electron chi connectivity index (χ4n) is 4.76. The van der Waals surface area contributed by atoms with Gasteiger partial charge in [-0.15, -0.1) is 11.8 Å². The van der Waals surface area contributed by atoms with Gasteiger partial charge in [0.15, 0.2) is 11.6 Å². The van der Waals surface area contributed by atoms with Crippen LogP contribution >= 0.6 is 11.8 Å². The first-order chi connectivity index (χ1) is 16.8. The molecule has 1 aromatic carbocycles. The Bertz CT molecular complexity index is 999. The lowest BCUT2D eigenvalue weighted by atomic mass is 9.81. The Morgan fingerprint density at radius 2 is 1.83 bits per heavy atom. The van der Waals surface area contributed by atoms with Crippen molar-refractivity contribution < 1.29 is 23.8 Å². The number of carbonyl (C=O) groups is 2. The number of benzene rings is 1. The van der Waals surface area contributed by atoms with Crippen LogP contribution in [-0.2, 0) is 19.0 Å². The summed E-state index contributed by atoms with van der Waals surface area (Å²) in [7, 11) is 0. The second-order valence-electron chi connectivity index (χ2n) is 9.80. The number of rotatable bonds is 10. The lowest BCUT2D eigenvalue weighted by molar-refractivity contribution is -0.139. The van der Waals surface area contributed by atoms with Crippen LogP contribution in [0.15, 0.2) is 47.5 Å². The minimum atomic E-state index is -0.615. The molecule has 2 aliphatic heterocycles.